The Morgan fingerprint density at radius 1 is 0.909 bits per heavy atom. The van der Waals surface area contributed by atoms with Crippen molar-refractivity contribution in [3.05, 3.63) is 0 Å². The van der Waals surface area contributed by atoms with E-state index in [0.29, 0.717) is 0 Å². The van der Waals surface area contributed by atoms with Crippen molar-refractivity contribution in [2.45, 2.75) is 0 Å². The fraction of sp³-hybridized carbons (Fsp3) is 1.00. The molecule has 0 amide bonds. The van der Waals surface area contributed by atoms with Crippen molar-refractivity contribution >= 4 is 20.2 Å². The number of hydrogen-bond acceptors (Lipinski definition) is 4. The Balaban J connectivity index is -0.000000405. The molecule has 64 valence electrons. The fourth-order valence-electron chi connectivity index (χ4n) is 0.211. The van der Waals surface area contributed by atoms with E-state index in [-0.39, 0.29) is 20.3 Å². The van der Waals surface area contributed by atoms with E-state index in [9.17, 15) is 16.8 Å². The van der Waals surface area contributed by atoms with Gasteiger partial charge in [0.15, 0.2) is 0 Å². The Morgan fingerprint density at radius 2 is 1.09 bits per heavy atom. The maximum atomic E-state index is 9.86. The summed E-state index contributed by atoms with van der Waals surface area (Å²) in [4.78, 5) is 0. The van der Waals surface area contributed by atoms with Crippen molar-refractivity contribution in [1.82, 2.24) is 0 Å². The van der Waals surface area contributed by atoms with Gasteiger partial charge in [-0.3, -0.25) is 9.11 Å². The van der Waals surface area contributed by atoms with Crippen molar-refractivity contribution in [1.29, 1.82) is 0 Å². The Hall–Kier alpha value is 0.417. The summed E-state index contributed by atoms with van der Waals surface area (Å²) in [6.45, 7) is 0. The zero-order valence-electron chi connectivity index (χ0n) is 6.76. The van der Waals surface area contributed by atoms with Crippen LogP contribution in [0.15, 0.2) is 0 Å². The first-order valence-corrected chi connectivity index (χ1v) is 5.33. The summed E-state index contributed by atoms with van der Waals surface area (Å²) in [5.74, 6) is -1.96. The molecule has 0 bridgehead atoms. The van der Waals surface area contributed by atoms with Crippen molar-refractivity contribution in [3.8, 4) is 0 Å². The van der Waals surface area contributed by atoms with Crippen LogP contribution in [-0.2, 0) is 20.2 Å². The van der Waals surface area contributed by atoms with E-state index in [1.165, 1.54) is 0 Å². The molecule has 0 rings (SSSR count). The van der Waals surface area contributed by atoms with Crippen LogP contribution in [0.25, 0.3) is 0 Å². The second kappa shape index (κ2) is 4.44. The standard InChI is InChI=1S/C2H6O6S2.Li.H/c3-9(4,5)1-2-10(6,7)8;;/h1-2H2,(H,3,4,5)(H,6,7,8);;/q;+1;-1. The molecule has 0 fully saturated rings. The van der Waals surface area contributed by atoms with Crippen LogP contribution in [-0.4, -0.2) is 37.4 Å². The minimum Gasteiger partial charge on any atom is -1.00 e. The molecule has 0 aliphatic heterocycles. The van der Waals surface area contributed by atoms with Crippen LogP contribution in [0.4, 0.5) is 0 Å². The Bertz CT molecular complexity index is 260. The van der Waals surface area contributed by atoms with Crippen molar-refractivity contribution < 1.29 is 46.2 Å². The molecule has 6 nitrogen and oxygen atoms in total. The molecule has 11 heavy (non-hydrogen) atoms. The second-order valence-electron chi connectivity index (χ2n) is 1.57. The van der Waals surface area contributed by atoms with Crippen LogP contribution >= 0.6 is 0 Å². The first-order valence-electron chi connectivity index (χ1n) is 2.11. The SMILES string of the molecule is O=S(=O)(O)CCS(=O)(=O)O.[H-].[Li+]. The normalized spacial score (nSPS) is 12.2. The summed E-state index contributed by atoms with van der Waals surface area (Å²) in [6, 6.07) is 0. The van der Waals surface area contributed by atoms with Crippen LogP contribution in [0.1, 0.15) is 1.43 Å². The molecule has 0 atom stereocenters. The maximum absolute atomic E-state index is 9.86. The molecule has 0 spiro atoms. The van der Waals surface area contributed by atoms with Crippen LogP contribution in [0.2, 0.25) is 0 Å². The maximum Gasteiger partial charge on any atom is 1.00 e. The van der Waals surface area contributed by atoms with E-state index in [4.69, 9.17) is 9.11 Å². The predicted molar refractivity (Wildman–Crippen MR) is 33.9 cm³/mol. The summed E-state index contributed by atoms with van der Waals surface area (Å²) in [6.07, 6.45) is 0. The van der Waals surface area contributed by atoms with Crippen molar-refractivity contribution in [2.75, 3.05) is 11.5 Å². The molecule has 0 radical (unpaired) electrons. The number of hydrogen-bond donors (Lipinski definition) is 2. The van der Waals surface area contributed by atoms with Gasteiger partial charge in [-0.25, -0.2) is 0 Å². The predicted octanol–water partition coefficient (Wildman–Crippen LogP) is -4.12. The summed E-state index contributed by atoms with van der Waals surface area (Å²) in [5.41, 5.74) is 0. The second-order valence-corrected chi connectivity index (χ2v) is 4.72. The zero-order chi connectivity index (χ0) is 8.41. The molecular weight excluding hydrogens is 191 g/mol. The van der Waals surface area contributed by atoms with Gasteiger partial charge in [0, 0.05) is 0 Å². The van der Waals surface area contributed by atoms with Crippen molar-refractivity contribution in [2.24, 2.45) is 0 Å². The van der Waals surface area contributed by atoms with Crippen LogP contribution < -0.4 is 18.9 Å². The molecule has 0 aromatic rings. The first-order chi connectivity index (χ1) is 4.21. The minimum atomic E-state index is -4.30. The average Bonchev–Trinajstić information content (AvgIpc) is 1.57. The monoisotopic (exact) mass is 198 g/mol. The molecule has 9 heteroatoms. The van der Waals surface area contributed by atoms with Gasteiger partial charge in [-0.15, -0.1) is 0 Å². The van der Waals surface area contributed by atoms with Gasteiger partial charge in [0.25, 0.3) is 20.2 Å². The van der Waals surface area contributed by atoms with Gasteiger partial charge >= 0.3 is 18.9 Å². The zero-order valence-corrected chi connectivity index (χ0v) is 7.39. The summed E-state index contributed by atoms with van der Waals surface area (Å²) >= 11 is 0. The first kappa shape index (κ1) is 14.0. The third kappa shape index (κ3) is 13.4. The Morgan fingerprint density at radius 3 is 1.18 bits per heavy atom. The quantitative estimate of drug-likeness (QED) is 0.352. The summed E-state index contributed by atoms with van der Waals surface area (Å²) in [5, 5.41) is 0. The van der Waals surface area contributed by atoms with Gasteiger partial charge in [-0.05, 0) is 0 Å². The van der Waals surface area contributed by atoms with Crippen molar-refractivity contribution in [3.63, 3.8) is 0 Å². The van der Waals surface area contributed by atoms with Crippen LogP contribution in [0.5, 0.6) is 0 Å². The molecule has 0 aromatic carbocycles. The van der Waals surface area contributed by atoms with E-state index in [2.05, 4.69) is 0 Å². The minimum absolute atomic E-state index is 0. The Labute approximate surface area is 78.1 Å². The summed E-state index contributed by atoms with van der Waals surface area (Å²) in [7, 11) is -8.59. The van der Waals surface area contributed by atoms with Crippen LogP contribution in [0, 0.1) is 0 Å². The largest absolute Gasteiger partial charge is 1.00 e. The smallest absolute Gasteiger partial charge is 1.00 e. The van der Waals surface area contributed by atoms with Gasteiger partial charge < -0.3 is 1.43 Å². The van der Waals surface area contributed by atoms with E-state index >= 15 is 0 Å². The van der Waals surface area contributed by atoms with Gasteiger partial charge in [-0.2, -0.15) is 16.8 Å². The van der Waals surface area contributed by atoms with Gasteiger partial charge in [0.05, 0.1) is 11.5 Å². The fourth-order valence-corrected chi connectivity index (χ4v) is 1.90. The molecule has 0 aliphatic carbocycles. The Kier molecular flexibility index (Phi) is 5.65. The molecule has 0 unspecified atom stereocenters. The molecule has 0 heterocycles. The van der Waals surface area contributed by atoms with Gasteiger partial charge in [0.1, 0.15) is 0 Å². The topological polar surface area (TPSA) is 109 Å². The molecule has 0 aromatic heterocycles. The van der Waals surface area contributed by atoms with E-state index in [0.717, 1.165) is 0 Å². The molecular formula is C2H7LiO6S2. The number of rotatable bonds is 3. The van der Waals surface area contributed by atoms with E-state index in [1.807, 2.05) is 0 Å². The third-order valence-electron chi connectivity index (χ3n) is 0.599. The van der Waals surface area contributed by atoms with E-state index in [1.54, 1.807) is 0 Å². The average molecular weight is 198 g/mol. The van der Waals surface area contributed by atoms with Crippen LogP contribution in [0.3, 0.4) is 0 Å². The van der Waals surface area contributed by atoms with Gasteiger partial charge in [-0.1, -0.05) is 0 Å². The summed E-state index contributed by atoms with van der Waals surface area (Å²) < 4.78 is 55.4. The molecule has 2 N–H and O–H groups in total. The van der Waals surface area contributed by atoms with Gasteiger partial charge in [0.2, 0.25) is 0 Å². The molecule has 0 aliphatic rings. The van der Waals surface area contributed by atoms with E-state index < -0.39 is 31.7 Å². The molecule has 0 saturated carbocycles. The third-order valence-corrected chi connectivity index (χ3v) is 2.30. The molecule has 0 saturated heterocycles.